The van der Waals surface area contributed by atoms with E-state index in [1.165, 1.54) is 0 Å². The predicted octanol–water partition coefficient (Wildman–Crippen LogP) is 2.18. The maximum atomic E-state index is 11.5. The zero-order valence-electron chi connectivity index (χ0n) is 9.00. The first-order valence-corrected chi connectivity index (χ1v) is 6.52. The maximum Gasteiger partial charge on any atom is 0.472 e. The Kier molecular flexibility index (Phi) is 3.81. The van der Waals surface area contributed by atoms with Gasteiger partial charge in [0.15, 0.2) is 0 Å². The standard InChI is InChI=1S/C10H13N2O4P/c13-17(14,15-7-9-3-1-5-11-9)16-8-10-4-2-6-12-10/h1-6,11-12H,7-8H2,(H,13,14). The van der Waals surface area contributed by atoms with E-state index >= 15 is 0 Å². The van der Waals surface area contributed by atoms with E-state index in [1.807, 2.05) is 0 Å². The molecule has 0 amide bonds. The number of H-pyrrole nitrogens is 2. The van der Waals surface area contributed by atoms with Crippen LogP contribution < -0.4 is 0 Å². The Labute approximate surface area is 98.2 Å². The smallest absolute Gasteiger partial charge is 0.363 e. The SMILES string of the molecule is O=P(O)(OCc1ccc[nH]1)OCc1ccc[nH]1. The molecule has 0 saturated carbocycles. The number of hydrogen-bond acceptors (Lipinski definition) is 3. The maximum absolute atomic E-state index is 11.5. The van der Waals surface area contributed by atoms with Gasteiger partial charge in [-0.3, -0.25) is 9.05 Å². The summed E-state index contributed by atoms with van der Waals surface area (Å²) in [6.45, 7) is 0.0109. The van der Waals surface area contributed by atoms with Crippen LogP contribution in [0.3, 0.4) is 0 Å². The molecule has 0 aliphatic carbocycles. The van der Waals surface area contributed by atoms with Crippen LogP contribution in [-0.2, 0) is 26.8 Å². The molecule has 0 aliphatic heterocycles. The minimum absolute atomic E-state index is 0.00546. The Morgan fingerprint density at radius 1 is 1.06 bits per heavy atom. The Morgan fingerprint density at radius 2 is 1.53 bits per heavy atom. The van der Waals surface area contributed by atoms with Crippen molar-refractivity contribution in [3.8, 4) is 0 Å². The number of hydrogen-bond donors (Lipinski definition) is 3. The van der Waals surface area contributed by atoms with Crippen LogP contribution in [0.2, 0.25) is 0 Å². The van der Waals surface area contributed by atoms with E-state index in [1.54, 1.807) is 36.7 Å². The predicted molar refractivity (Wildman–Crippen MR) is 61.0 cm³/mol. The minimum atomic E-state index is -4.01. The molecule has 7 heteroatoms. The van der Waals surface area contributed by atoms with Crippen LogP contribution in [-0.4, -0.2) is 14.9 Å². The van der Waals surface area contributed by atoms with Crippen LogP contribution in [0, 0.1) is 0 Å². The summed E-state index contributed by atoms with van der Waals surface area (Å²) in [5, 5.41) is 0. The summed E-state index contributed by atoms with van der Waals surface area (Å²) in [4.78, 5) is 15.1. The molecule has 0 bridgehead atoms. The molecule has 0 fully saturated rings. The van der Waals surface area contributed by atoms with Crippen molar-refractivity contribution in [2.24, 2.45) is 0 Å². The highest BCUT2D eigenvalue weighted by Gasteiger charge is 2.21. The fraction of sp³-hybridized carbons (Fsp3) is 0.200. The van der Waals surface area contributed by atoms with Crippen LogP contribution in [0.25, 0.3) is 0 Å². The number of phosphoric acid groups is 1. The van der Waals surface area contributed by atoms with Gasteiger partial charge in [0.25, 0.3) is 0 Å². The molecule has 92 valence electrons. The van der Waals surface area contributed by atoms with Gasteiger partial charge in [0.1, 0.15) is 0 Å². The van der Waals surface area contributed by atoms with E-state index in [-0.39, 0.29) is 13.2 Å². The highest BCUT2D eigenvalue weighted by Crippen LogP contribution is 2.44. The van der Waals surface area contributed by atoms with E-state index in [0.29, 0.717) is 11.4 Å². The molecule has 0 aliphatic rings. The normalized spacial score (nSPS) is 11.8. The third-order valence-corrected chi connectivity index (χ3v) is 3.00. The largest absolute Gasteiger partial charge is 0.472 e. The second kappa shape index (κ2) is 5.33. The van der Waals surface area contributed by atoms with E-state index in [0.717, 1.165) is 0 Å². The van der Waals surface area contributed by atoms with Gasteiger partial charge in [-0.25, -0.2) is 4.57 Å². The van der Waals surface area contributed by atoms with E-state index < -0.39 is 7.82 Å². The number of nitrogens with one attached hydrogen (secondary N) is 2. The molecule has 17 heavy (non-hydrogen) atoms. The quantitative estimate of drug-likeness (QED) is 0.691. The van der Waals surface area contributed by atoms with Crippen LogP contribution in [0.5, 0.6) is 0 Å². The van der Waals surface area contributed by atoms with Gasteiger partial charge in [-0.1, -0.05) is 0 Å². The molecule has 3 N–H and O–H groups in total. The topological polar surface area (TPSA) is 87.3 Å². The molecular weight excluding hydrogens is 243 g/mol. The van der Waals surface area contributed by atoms with E-state index in [9.17, 15) is 9.46 Å². The van der Waals surface area contributed by atoms with Crippen molar-refractivity contribution in [3.05, 3.63) is 48.0 Å². The highest BCUT2D eigenvalue weighted by molar-refractivity contribution is 7.47. The Morgan fingerprint density at radius 3 is 1.88 bits per heavy atom. The lowest BCUT2D eigenvalue weighted by Crippen LogP contribution is -1.97. The van der Waals surface area contributed by atoms with Gasteiger partial charge in [-0.15, -0.1) is 0 Å². The molecule has 0 atom stereocenters. The Bertz CT molecular complexity index is 438. The van der Waals surface area contributed by atoms with E-state index in [2.05, 4.69) is 9.97 Å². The third-order valence-electron chi connectivity index (χ3n) is 2.09. The van der Waals surface area contributed by atoms with Crippen LogP contribution in [0.1, 0.15) is 11.4 Å². The van der Waals surface area contributed by atoms with Gasteiger partial charge in [0.05, 0.1) is 13.2 Å². The molecule has 2 heterocycles. The fourth-order valence-corrected chi connectivity index (χ4v) is 1.93. The zero-order valence-corrected chi connectivity index (χ0v) is 9.89. The van der Waals surface area contributed by atoms with Crippen molar-refractivity contribution in [3.63, 3.8) is 0 Å². The lowest BCUT2D eigenvalue weighted by Gasteiger charge is -2.10. The van der Waals surface area contributed by atoms with Crippen molar-refractivity contribution in [1.82, 2.24) is 9.97 Å². The second-order valence-electron chi connectivity index (χ2n) is 3.41. The first-order chi connectivity index (χ1) is 8.16. The van der Waals surface area contributed by atoms with Gasteiger partial charge < -0.3 is 14.9 Å². The number of rotatable bonds is 6. The average molecular weight is 256 g/mol. The van der Waals surface area contributed by atoms with Crippen molar-refractivity contribution in [2.75, 3.05) is 0 Å². The molecule has 0 spiro atoms. The average Bonchev–Trinajstić information content (AvgIpc) is 2.97. The number of aromatic amines is 2. The summed E-state index contributed by atoms with van der Waals surface area (Å²) in [7, 11) is -4.01. The Hall–Kier alpha value is -1.33. The highest BCUT2D eigenvalue weighted by atomic mass is 31.2. The first-order valence-electron chi connectivity index (χ1n) is 5.02. The van der Waals surface area contributed by atoms with Crippen LogP contribution in [0.4, 0.5) is 0 Å². The molecule has 2 rings (SSSR count). The van der Waals surface area contributed by atoms with Gasteiger partial charge in [-0.05, 0) is 24.3 Å². The molecule has 0 aromatic carbocycles. The molecular formula is C10H13N2O4P. The van der Waals surface area contributed by atoms with Gasteiger partial charge in [-0.2, -0.15) is 0 Å². The molecule has 2 aromatic rings. The van der Waals surface area contributed by atoms with Gasteiger partial charge in [0, 0.05) is 23.8 Å². The lowest BCUT2D eigenvalue weighted by molar-refractivity contribution is 0.135. The van der Waals surface area contributed by atoms with Gasteiger partial charge in [0.2, 0.25) is 0 Å². The molecule has 0 radical (unpaired) electrons. The zero-order chi connectivity index (χ0) is 12.1. The number of phosphoric ester groups is 1. The third kappa shape index (κ3) is 3.87. The number of aromatic nitrogens is 2. The first kappa shape index (κ1) is 12.1. The van der Waals surface area contributed by atoms with Crippen molar-refractivity contribution in [2.45, 2.75) is 13.2 Å². The minimum Gasteiger partial charge on any atom is -0.363 e. The van der Waals surface area contributed by atoms with Crippen LogP contribution in [0.15, 0.2) is 36.7 Å². The molecule has 0 unspecified atom stereocenters. The molecule has 2 aromatic heterocycles. The summed E-state index contributed by atoms with van der Waals surface area (Å²) >= 11 is 0. The monoisotopic (exact) mass is 256 g/mol. The van der Waals surface area contributed by atoms with Gasteiger partial charge >= 0.3 is 7.82 Å². The van der Waals surface area contributed by atoms with E-state index in [4.69, 9.17) is 9.05 Å². The summed E-state index contributed by atoms with van der Waals surface area (Å²) in [6, 6.07) is 7.07. The lowest BCUT2D eigenvalue weighted by atomic mass is 10.5. The van der Waals surface area contributed by atoms with Crippen molar-refractivity contribution < 1.29 is 18.5 Å². The summed E-state index contributed by atoms with van der Waals surface area (Å²) in [6.07, 6.45) is 3.42. The van der Waals surface area contributed by atoms with Crippen LogP contribution >= 0.6 is 7.82 Å². The summed E-state index contributed by atoms with van der Waals surface area (Å²) in [5.74, 6) is 0. The molecule has 0 saturated heterocycles. The fourth-order valence-electron chi connectivity index (χ4n) is 1.25. The molecule has 6 nitrogen and oxygen atoms in total. The van der Waals surface area contributed by atoms with Crippen molar-refractivity contribution in [1.29, 1.82) is 0 Å². The summed E-state index contributed by atoms with van der Waals surface area (Å²) in [5.41, 5.74) is 1.42. The summed E-state index contributed by atoms with van der Waals surface area (Å²) < 4.78 is 21.1. The second-order valence-corrected chi connectivity index (χ2v) is 4.86. The Balaban J connectivity index is 1.80. The van der Waals surface area contributed by atoms with Crippen molar-refractivity contribution >= 4 is 7.82 Å².